The fourth-order valence-corrected chi connectivity index (χ4v) is 6.60. The van der Waals surface area contributed by atoms with Gasteiger partial charge in [-0.05, 0) is 53.9 Å². The second-order valence-electron chi connectivity index (χ2n) is 7.23. The summed E-state index contributed by atoms with van der Waals surface area (Å²) in [6.45, 7) is 0. The molecule has 0 spiro atoms. The predicted molar refractivity (Wildman–Crippen MR) is 87.0 cm³/mol. The molecule has 20 heavy (non-hydrogen) atoms. The van der Waals surface area contributed by atoms with E-state index in [4.69, 9.17) is 29.6 Å². The maximum Gasteiger partial charge on any atom is 0.0764 e. The average Bonchev–Trinajstić information content (AvgIpc) is 2.82. The first-order valence-corrected chi connectivity index (χ1v) is 8.45. The molecule has 0 amide bonds. The molecule has 3 heteroatoms. The SMILES string of the molecule is NC(=S)C1C2CC3(c4ccccc4)CC1C(CCl)(C2)C3. The molecule has 5 rings (SSSR count). The molecule has 5 atom stereocenters. The number of halogens is 1. The highest BCUT2D eigenvalue weighted by molar-refractivity contribution is 7.80. The Balaban J connectivity index is 1.78. The molecule has 0 saturated heterocycles. The molecule has 0 aliphatic heterocycles. The number of hydrogen-bond donors (Lipinski definition) is 1. The van der Waals surface area contributed by atoms with Gasteiger partial charge in [-0.15, -0.1) is 11.6 Å². The van der Waals surface area contributed by atoms with Gasteiger partial charge < -0.3 is 5.73 Å². The molecule has 2 N–H and O–H groups in total. The van der Waals surface area contributed by atoms with E-state index in [1.165, 1.54) is 31.2 Å². The number of alkyl halides is 1. The van der Waals surface area contributed by atoms with Gasteiger partial charge in [-0.25, -0.2) is 0 Å². The van der Waals surface area contributed by atoms with E-state index in [0.29, 0.717) is 23.2 Å². The van der Waals surface area contributed by atoms with E-state index in [1.807, 2.05) is 0 Å². The Morgan fingerprint density at radius 3 is 2.65 bits per heavy atom. The molecule has 0 heterocycles. The summed E-state index contributed by atoms with van der Waals surface area (Å²) in [6.07, 6.45) is 4.93. The third-order valence-corrected chi connectivity index (χ3v) is 7.14. The molecule has 1 aromatic carbocycles. The van der Waals surface area contributed by atoms with Gasteiger partial charge in [0.15, 0.2) is 0 Å². The summed E-state index contributed by atoms with van der Waals surface area (Å²) in [6, 6.07) is 11.0. The smallest absolute Gasteiger partial charge is 0.0764 e. The van der Waals surface area contributed by atoms with Crippen molar-refractivity contribution in [3.05, 3.63) is 35.9 Å². The van der Waals surface area contributed by atoms with E-state index in [0.717, 1.165) is 10.9 Å². The van der Waals surface area contributed by atoms with Crippen molar-refractivity contribution in [1.82, 2.24) is 0 Å². The maximum atomic E-state index is 6.42. The third kappa shape index (κ3) is 1.52. The zero-order valence-corrected chi connectivity index (χ0v) is 13.1. The average molecular weight is 306 g/mol. The number of thiocarbonyl (C=S) groups is 1. The van der Waals surface area contributed by atoms with Gasteiger partial charge in [-0.3, -0.25) is 0 Å². The minimum Gasteiger partial charge on any atom is -0.393 e. The first-order valence-electron chi connectivity index (χ1n) is 7.51. The minimum atomic E-state index is 0.286. The lowest BCUT2D eigenvalue weighted by molar-refractivity contribution is 0.185. The van der Waals surface area contributed by atoms with Crippen LogP contribution in [-0.2, 0) is 5.41 Å². The van der Waals surface area contributed by atoms with E-state index in [1.54, 1.807) is 0 Å². The lowest BCUT2D eigenvalue weighted by Gasteiger charge is -2.43. The van der Waals surface area contributed by atoms with Crippen molar-refractivity contribution in [3.8, 4) is 0 Å². The molecule has 1 nitrogen and oxygen atoms in total. The summed E-state index contributed by atoms with van der Waals surface area (Å²) in [5.74, 6) is 2.46. The van der Waals surface area contributed by atoms with Crippen LogP contribution >= 0.6 is 23.8 Å². The molecule has 1 aromatic rings. The van der Waals surface area contributed by atoms with Gasteiger partial charge in [0.05, 0.1) is 4.99 Å². The molecule has 4 aliphatic carbocycles. The van der Waals surface area contributed by atoms with Crippen LogP contribution in [-0.4, -0.2) is 10.9 Å². The zero-order chi connectivity index (χ0) is 14.0. The van der Waals surface area contributed by atoms with Crippen molar-refractivity contribution < 1.29 is 0 Å². The zero-order valence-electron chi connectivity index (χ0n) is 11.5. The van der Waals surface area contributed by atoms with Crippen LogP contribution in [0.2, 0.25) is 0 Å². The topological polar surface area (TPSA) is 26.0 Å². The summed E-state index contributed by atoms with van der Waals surface area (Å²) in [5.41, 5.74) is 8.18. The number of rotatable bonds is 3. The summed E-state index contributed by atoms with van der Waals surface area (Å²) in [7, 11) is 0. The van der Waals surface area contributed by atoms with E-state index in [9.17, 15) is 0 Å². The normalized spacial score (nSPS) is 45.0. The van der Waals surface area contributed by atoms with Crippen LogP contribution in [0.15, 0.2) is 30.3 Å². The Morgan fingerprint density at radius 1 is 1.25 bits per heavy atom. The van der Waals surface area contributed by atoms with E-state index in [-0.39, 0.29) is 5.41 Å². The van der Waals surface area contributed by atoms with Gasteiger partial charge >= 0.3 is 0 Å². The summed E-state index contributed by atoms with van der Waals surface area (Å²) in [4.78, 5) is 0.732. The van der Waals surface area contributed by atoms with Gasteiger partial charge in [0, 0.05) is 11.8 Å². The van der Waals surface area contributed by atoms with Gasteiger partial charge in [-0.1, -0.05) is 42.5 Å². The molecular weight excluding hydrogens is 286 g/mol. The maximum absolute atomic E-state index is 6.42. The van der Waals surface area contributed by atoms with Crippen molar-refractivity contribution in [2.24, 2.45) is 28.9 Å². The Bertz CT molecular complexity index is 559. The van der Waals surface area contributed by atoms with Gasteiger partial charge in [0.1, 0.15) is 0 Å². The highest BCUT2D eigenvalue weighted by Gasteiger charge is 2.68. The Morgan fingerprint density at radius 2 is 2.00 bits per heavy atom. The molecule has 0 radical (unpaired) electrons. The number of benzene rings is 1. The second-order valence-corrected chi connectivity index (χ2v) is 7.96. The fourth-order valence-electron chi connectivity index (χ4n) is 5.84. The Hall–Kier alpha value is -0.600. The van der Waals surface area contributed by atoms with Gasteiger partial charge in [-0.2, -0.15) is 0 Å². The Kier molecular flexibility index (Phi) is 2.75. The highest BCUT2D eigenvalue weighted by atomic mass is 35.5. The standard InChI is InChI=1S/C17H20ClNS/c18-10-17-7-11-6-16(9-17,12-4-2-1-3-5-12)8-13(17)14(11)15(19)20/h1-5,11,13-14H,6-10H2,(H2,19,20). The van der Waals surface area contributed by atoms with Crippen LogP contribution in [0.4, 0.5) is 0 Å². The monoisotopic (exact) mass is 305 g/mol. The van der Waals surface area contributed by atoms with E-state index < -0.39 is 0 Å². The quantitative estimate of drug-likeness (QED) is 0.677. The van der Waals surface area contributed by atoms with E-state index >= 15 is 0 Å². The molecular formula is C17H20ClNS. The number of nitrogens with two attached hydrogens (primary N) is 1. The molecule has 4 fully saturated rings. The van der Waals surface area contributed by atoms with Crippen molar-refractivity contribution >= 4 is 28.8 Å². The van der Waals surface area contributed by atoms with Crippen LogP contribution in [0.5, 0.6) is 0 Å². The van der Waals surface area contributed by atoms with Gasteiger partial charge in [0.25, 0.3) is 0 Å². The number of hydrogen-bond acceptors (Lipinski definition) is 1. The van der Waals surface area contributed by atoms with Crippen molar-refractivity contribution in [1.29, 1.82) is 0 Å². The summed E-state index contributed by atoms with van der Waals surface area (Å²) < 4.78 is 0. The molecule has 4 aliphatic rings. The summed E-state index contributed by atoms with van der Waals surface area (Å²) in [5, 5.41) is 0. The summed E-state index contributed by atoms with van der Waals surface area (Å²) >= 11 is 11.8. The molecule has 5 unspecified atom stereocenters. The molecule has 4 bridgehead atoms. The van der Waals surface area contributed by atoms with E-state index in [2.05, 4.69) is 30.3 Å². The van der Waals surface area contributed by atoms with Crippen molar-refractivity contribution in [3.63, 3.8) is 0 Å². The van der Waals surface area contributed by atoms with Gasteiger partial charge in [0.2, 0.25) is 0 Å². The van der Waals surface area contributed by atoms with Crippen LogP contribution in [0, 0.1) is 23.2 Å². The van der Waals surface area contributed by atoms with Crippen LogP contribution in [0.3, 0.4) is 0 Å². The fraction of sp³-hybridized carbons (Fsp3) is 0.588. The lowest BCUT2D eigenvalue weighted by Crippen LogP contribution is -2.40. The van der Waals surface area contributed by atoms with Crippen molar-refractivity contribution in [2.45, 2.75) is 31.1 Å². The first-order chi connectivity index (χ1) is 9.60. The largest absolute Gasteiger partial charge is 0.393 e. The van der Waals surface area contributed by atoms with Crippen LogP contribution < -0.4 is 5.73 Å². The van der Waals surface area contributed by atoms with Crippen LogP contribution in [0.1, 0.15) is 31.2 Å². The second kappa shape index (κ2) is 4.20. The highest BCUT2D eigenvalue weighted by Crippen LogP contribution is 2.72. The lowest BCUT2D eigenvalue weighted by atomic mass is 9.62. The minimum absolute atomic E-state index is 0.286. The van der Waals surface area contributed by atoms with Crippen molar-refractivity contribution in [2.75, 3.05) is 5.88 Å². The molecule has 106 valence electrons. The first kappa shape index (κ1) is 13.1. The third-order valence-electron chi connectivity index (χ3n) is 6.33. The molecule has 4 saturated carbocycles. The Labute approximate surface area is 130 Å². The van der Waals surface area contributed by atoms with Crippen LogP contribution in [0.25, 0.3) is 0 Å². The molecule has 0 aromatic heterocycles. The predicted octanol–water partition coefficient (Wildman–Crippen LogP) is 3.89.